The van der Waals surface area contributed by atoms with Crippen LogP contribution in [0.2, 0.25) is 0 Å². The average Bonchev–Trinajstić information content (AvgIpc) is 2.88. The largest absolute Gasteiger partial charge is 0.459 e. The summed E-state index contributed by atoms with van der Waals surface area (Å²) >= 11 is 0. The number of aliphatic hydroxyl groups excluding tert-OH is 1. The molecule has 6 nitrogen and oxygen atoms in total. The van der Waals surface area contributed by atoms with Gasteiger partial charge in [-0.3, -0.25) is 9.59 Å². The van der Waals surface area contributed by atoms with Crippen LogP contribution < -0.4 is 10.6 Å². The molecule has 106 valence electrons. The van der Waals surface area contributed by atoms with E-state index in [0.717, 1.165) is 0 Å². The van der Waals surface area contributed by atoms with Crippen molar-refractivity contribution in [1.29, 1.82) is 0 Å². The Balaban J connectivity index is 2.68. The van der Waals surface area contributed by atoms with E-state index in [9.17, 15) is 9.59 Å². The monoisotopic (exact) mass is 268 g/mol. The zero-order valence-corrected chi connectivity index (χ0v) is 11.3. The van der Waals surface area contributed by atoms with Gasteiger partial charge in [-0.05, 0) is 25.0 Å². The van der Waals surface area contributed by atoms with Gasteiger partial charge < -0.3 is 20.2 Å². The number of amides is 2. The number of carbonyl (C=O) groups excluding carboxylic acids is 2. The van der Waals surface area contributed by atoms with E-state index in [2.05, 4.69) is 10.6 Å². The highest BCUT2D eigenvalue weighted by atomic mass is 16.3. The van der Waals surface area contributed by atoms with Gasteiger partial charge in [-0.1, -0.05) is 13.8 Å². The van der Waals surface area contributed by atoms with Crippen LogP contribution in [0.25, 0.3) is 0 Å². The van der Waals surface area contributed by atoms with Crippen molar-refractivity contribution in [2.24, 2.45) is 5.92 Å². The van der Waals surface area contributed by atoms with E-state index in [-0.39, 0.29) is 30.2 Å². The van der Waals surface area contributed by atoms with E-state index in [1.54, 1.807) is 13.0 Å². The molecule has 0 bridgehead atoms. The number of nitrogens with one attached hydrogen (secondary N) is 2. The van der Waals surface area contributed by atoms with Crippen molar-refractivity contribution in [1.82, 2.24) is 10.6 Å². The first-order chi connectivity index (χ1) is 8.95. The Bertz CT molecular complexity index is 414. The van der Waals surface area contributed by atoms with E-state index >= 15 is 0 Å². The standard InChI is InChI=1S/C13H20N2O4/c1-8(2)11(13(18)14-9(3)7-16)15-12(17)10-5-4-6-19-10/h4-6,8-9,11,16H,7H2,1-3H3,(H,14,18)(H,15,17). The van der Waals surface area contributed by atoms with Crippen LogP contribution >= 0.6 is 0 Å². The van der Waals surface area contributed by atoms with Crippen LogP contribution in [-0.4, -0.2) is 35.6 Å². The fraction of sp³-hybridized carbons (Fsp3) is 0.538. The summed E-state index contributed by atoms with van der Waals surface area (Å²) in [6.07, 6.45) is 1.40. The van der Waals surface area contributed by atoms with E-state index < -0.39 is 11.9 Å². The smallest absolute Gasteiger partial charge is 0.287 e. The van der Waals surface area contributed by atoms with E-state index in [1.165, 1.54) is 12.3 Å². The SMILES string of the molecule is CC(CO)NC(=O)C(NC(=O)c1ccco1)C(C)C. The van der Waals surface area contributed by atoms with Crippen LogP contribution in [0.4, 0.5) is 0 Å². The van der Waals surface area contributed by atoms with Crippen LogP contribution in [-0.2, 0) is 4.79 Å². The minimum atomic E-state index is -0.674. The normalized spacial score (nSPS) is 13.9. The third-order valence-electron chi connectivity index (χ3n) is 2.64. The number of carbonyl (C=O) groups is 2. The van der Waals surface area contributed by atoms with E-state index in [1.807, 2.05) is 13.8 Å². The Morgan fingerprint density at radius 2 is 2.00 bits per heavy atom. The molecule has 6 heteroatoms. The third-order valence-corrected chi connectivity index (χ3v) is 2.64. The first-order valence-corrected chi connectivity index (χ1v) is 6.21. The van der Waals surface area contributed by atoms with Crippen molar-refractivity contribution in [3.8, 4) is 0 Å². The van der Waals surface area contributed by atoms with Crippen LogP contribution in [0.15, 0.2) is 22.8 Å². The maximum atomic E-state index is 12.0. The number of furan rings is 1. The molecule has 0 radical (unpaired) electrons. The summed E-state index contributed by atoms with van der Waals surface area (Å²) in [6, 6.07) is 2.11. The van der Waals surface area contributed by atoms with E-state index in [0.29, 0.717) is 0 Å². The molecule has 0 aliphatic rings. The lowest BCUT2D eigenvalue weighted by atomic mass is 10.0. The molecule has 0 saturated heterocycles. The Kier molecular flexibility index (Phi) is 5.57. The zero-order chi connectivity index (χ0) is 14.4. The second-order valence-corrected chi connectivity index (χ2v) is 4.76. The Hall–Kier alpha value is -1.82. The molecular formula is C13H20N2O4. The summed E-state index contributed by atoms with van der Waals surface area (Å²) in [6.45, 7) is 5.19. The van der Waals surface area contributed by atoms with Crippen molar-refractivity contribution < 1.29 is 19.1 Å². The number of hydrogen-bond donors (Lipinski definition) is 3. The van der Waals surface area contributed by atoms with Crippen LogP contribution in [0.1, 0.15) is 31.3 Å². The van der Waals surface area contributed by atoms with Gasteiger partial charge >= 0.3 is 0 Å². The van der Waals surface area contributed by atoms with Crippen molar-refractivity contribution in [3.63, 3.8) is 0 Å². The molecule has 0 aromatic carbocycles. The zero-order valence-electron chi connectivity index (χ0n) is 11.3. The second-order valence-electron chi connectivity index (χ2n) is 4.76. The Labute approximate surface area is 112 Å². The summed E-state index contributed by atoms with van der Waals surface area (Å²) in [5, 5.41) is 14.2. The molecule has 19 heavy (non-hydrogen) atoms. The molecular weight excluding hydrogens is 248 g/mol. The van der Waals surface area contributed by atoms with Gasteiger partial charge in [-0.15, -0.1) is 0 Å². The Morgan fingerprint density at radius 1 is 1.32 bits per heavy atom. The maximum Gasteiger partial charge on any atom is 0.287 e. The average molecular weight is 268 g/mol. The number of aliphatic hydroxyl groups is 1. The van der Waals surface area contributed by atoms with Gasteiger partial charge in [0.15, 0.2) is 5.76 Å². The van der Waals surface area contributed by atoms with Crippen LogP contribution in [0, 0.1) is 5.92 Å². The number of hydrogen-bond acceptors (Lipinski definition) is 4. The molecule has 2 amide bonds. The van der Waals surface area contributed by atoms with Gasteiger partial charge in [0.2, 0.25) is 5.91 Å². The predicted molar refractivity (Wildman–Crippen MR) is 69.5 cm³/mol. The maximum absolute atomic E-state index is 12.0. The lowest BCUT2D eigenvalue weighted by Gasteiger charge is -2.23. The first-order valence-electron chi connectivity index (χ1n) is 6.21. The lowest BCUT2D eigenvalue weighted by molar-refractivity contribution is -0.124. The molecule has 1 heterocycles. The summed E-state index contributed by atoms with van der Waals surface area (Å²) in [5.74, 6) is -0.676. The fourth-order valence-corrected chi connectivity index (χ4v) is 1.53. The van der Waals surface area contributed by atoms with Crippen LogP contribution in [0.3, 0.4) is 0 Å². The molecule has 1 rings (SSSR count). The summed E-state index contributed by atoms with van der Waals surface area (Å²) in [4.78, 5) is 23.8. The summed E-state index contributed by atoms with van der Waals surface area (Å²) in [7, 11) is 0. The highest BCUT2D eigenvalue weighted by Gasteiger charge is 2.26. The minimum absolute atomic E-state index is 0.0789. The third kappa shape index (κ3) is 4.40. The van der Waals surface area contributed by atoms with Gasteiger partial charge in [0.1, 0.15) is 6.04 Å². The topological polar surface area (TPSA) is 91.6 Å². The molecule has 0 spiro atoms. The van der Waals surface area contributed by atoms with Gasteiger partial charge in [0.25, 0.3) is 5.91 Å². The highest BCUT2D eigenvalue weighted by molar-refractivity contribution is 5.95. The molecule has 1 aromatic heterocycles. The first kappa shape index (κ1) is 15.2. The molecule has 2 atom stereocenters. The molecule has 2 unspecified atom stereocenters. The predicted octanol–water partition coefficient (Wildman–Crippen LogP) is 0.531. The number of rotatable bonds is 6. The van der Waals surface area contributed by atoms with E-state index in [4.69, 9.17) is 9.52 Å². The molecule has 3 N–H and O–H groups in total. The van der Waals surface area contributed by atoms with Crippen LogP contribution in [0.5, 0.6) is 0 Å². The minimum Gasteiger partial charge on any atom is -0.459 e. The Morgan fingerprint density at radius 3 is 2.47 bits per heavy atom. The lowest BCUT2D eigenvalue weighted by Crippen LogP contribution is -2.52. The molecule has 1 aromatic rings. The molecule has 0 fully saturated rings. The molecule has 0 aliphatic heterocycles. The van der Waals surface area contributed by atoms with Crippen molar-refractivity contribution in [2.45, 2.75) is 32.9 Å². The summed E-state index contributed by atoms with van der Waals surface area (Å²) < 4.78 is 4.97. The van der Waals surface area contributed by atoms with Gasteiger partial charge in [0, 0.05) is 6.04 Å². The quantitative estimate of drug-likeness (QED) is 0.702. The van der Waals surface area contributed by atoms with Gasteiger partial charge in [-0.2, -0.15) is 0 Å². The van der Waals surface area contributed by atoms with Gasteiger partial charge in [-0.25, -0.2) is 0 Å². The highest BCUT2D eigenvalue weighted by Crippen LogP contribution is 2.06. The van der Waals surface area contributed by atoms with Gasteiger partial charge in [0.05, 0.1) is 12.9 Å². The fourth-order valence-electron chi connectivity index (χ4n) is 1.53. The van der Waals surface area contributed by atoms with Crippen molar-refractivity contribution >= 4 is 11.8 Å². The second kappa shape index (κ2) is 6.94. The molecule has 0 saturated carbocycles. The summed E-state index contributed by atoms with van der Waals surface area (Å²) in [5.41, 5.74) is 0. The van der Waals surface area contributed by atoms with Crippen molar-refractivity contribution in [2.75, 3.05) is 6.61 Å². The molecule has 0 aliphatic carbocycles. The van der Waals surface area contributed by atoms with Crippen molar-refractivity contribution in [3.05, 3.63) is 24.2 Å².